The zero-order valence-electron chi connectivity index (χ0n) is 18.3. The van der Waals surface area contributed by atoms with Crippen LogP contribution in [0.1, 0.15) is 42.1 Å². The fourth-order valence-corrected chi connectivity index (χ4v) is 3.66. The first-order valence-corrected chi connectivity index (χ1v) is 10.8. The number of hydrogen-bond acceptors (Lipinski definition) is 5. The van der Waals surface area contributed by atoms with Gasteiger partial charge in [-0.05, 0) is 48.9 Å². The SMILES string of the molecule is CCN(Cc1ccncc1)C(=O)c1ccc(OC2CCN(C(=O)CCOC)CC2)cc1. The standard InChI is InChI=1S/C24H31N3O4/c1-3-26(18-19-8-13-25-14-9-19)24(29)20-4-6-21(7-5-20)31-22-10-15-27(16-11-22)23(28)12-17-30-2/h4-9,13-14,22H,3,10-12,15-18H2,1-2H3. The smallest absolute Gasteiger partial charge is 0.254 e. The molecule has 3 rings (SSSR count). The molecule has 7 nitrogen and oxygen atoms in total. The summed E-state index contributed by atoms with van der Waals surface area (Å²) in [5, 5.41) is 0. The molecule has 0 aliphatic carbocycles. The second-order valence-corrected chi connectivity index (χ2v) is 7.64. The lowest BCUT2D eigenvalue weighted by Gasteiger charge is -2.32. The second kappa shape index (κ2) is 11.5. The van der Waals surface area contributed by atoms with Gasteiger partial charge in [0.25, 0.3) is 5.91 Å². The van der Waals surface area contributed by atoms with E-state index in [-0.39, 0.29) is 17.9 Å². The highest BCUT2D eigenvalue weighted by atomic mass is 16.5. The van der Waals surface area contributed by atoms with Crippen LogP contribution in [-0.4, -0.2) is 66.1 Å². The summed E-state index contributed by atoms with van der Waals surface area (Å²) in [5.41, 5.74) is 1.69. The van der Waals surface area contributed by atoms with Crippen molar-refractivity contribution in [3.8, 4) is 5.75 Å². The number of nitrogens with zero attached hydrogens (tertiary/aromatic N) is 3. The highest BCUT2D eigenvalue weighted by Crippen LogP contribution is 2.21. The van der Waals surface area contributed by atoms with Crippen molar-refractivity contribution >= 4 is 11.8 Å². The molecule has 2 aromatic rings. The van der Waals surface area contributed by atoms with Crippen molar-refractivity contribution < 1.29 is 19.1 Å². The van der Waals surface area contributed by atoms with E-state index in [4.69, 9.17) is 9.47 Å². The van der Waals surface area contributed by atoms with Crippen LogP contribution in [0.2, 0.25) is 0 Å². The van der Waals surface area contributed by atoms with Gasteiger partial charge in [0.05, 0.1) is 13.0 Å². The number of aromatic nitrogens is 1. The third kappa shape index (κ3) is 6.52. The number of benzene rings is 1. The third-order valence-electron chi connectivity index (χ3n) is 5.51. The van der Waals surface area contributed by atoms with Crippen molar-refractivity contribution in [3.05, 3.63) is 59.9 Å². The summed E-state index contributed by atoms with van der Waals surface area (Å²) in [4.78, 5) is 32.7. The van der Waals surface area contributed by atoms with E-state index < -0.39 is 0 Å². The Bertz CT molecular complexity index is 834. The van der Waals surface area contributed by atoms with Gasteiger partial charge in [0, 0.05) is 64.1 Å². The van der Waals surface area contributed by atoms with Crippen molar-refractivity contribution in [1.82, 2.24) is 14.8 Å². The van der Waals surface area contributed by atoms with Crippen molar-refractivity contribution in [2.45, 2.75) is 38.8 Å². The van der Waals surface area contributed by atoms with Crippen molar-refractivity contribution in [2.75, 3.05) is 33.4 Å². The predicted octanol–water partition coefficient (Wildman–Crippen LogP) is 3.15. The molecule has 0 unspecified atom stereocenters. The zero-order chi connectivity index (χ0) is 22.1. The first kappa shape index (κ1) is 22.7. The Hall–Kier alpha value is -2.93. The monoisotopic (exact) mass is 425 g/mol. The Balaban J connectivity index is 1.51. The molecule has 0 atom stereocenters. The van der Waals surface area contributed by atoms with Gasteiger partial charge in [-0.3, -0.25) is 14.6 Å². The Morgan fingerprint density at radius 2 is 1.77 bits per heavy atom. The van der Waals surface area contributed by atoms with E-state index in [9.17, 15) is 9.59 Å². The average molecular weight is 426 g/mol. The van der Waals surface area contributed by atoms with E-state index in [0.717, 1.165) is 24.2 Å². The molecule has 1 saturated heterocycles. The van der Waals surface area contributed by atoms with E-state index >= 15 is 0 Å². The lowest BCUT2D eigenvalue weighted by Crippen LogP contribution is -2.42. The summed E-state index contributed by atoms with van der Waals surface area (Å²) in [6.45, 7) is 5.01. The number of carbonyl (C=O) groups excluding carboxylic acids is 2. The molecule has 0 bridgehead atoms. The molecular formula is C24H31N3O4. The Morgan fingerprint density at radius 3 is 2.39 bits per heavy atom. The normalized spacial score (nSPS) is 14.3. The minimum absolute atomic E-state index is 0.00579. The fourth-order valence-electron chi connectivity index (χ4n) is 3.66. The number of carbonyl (C=O) groups is 2. The molecule has 1 aromatic carbocycles. The Labute approximate surface area is 184 Å². The van der Waals surface area contributed by atoms with Crippen LogP contribution >= 0.6 is 0 Å². The molecule has 2 amide bonds. The summed E-state index contributed by atoms with van der Waals surface area (Å²) >= 11 is 0. The van der Waals surface area contributed by atoms with E-state index in [1.165, 1.54) is 0 Å². The van der Waals surface area contributed by atoms with E-state index in [2.05, 4.69) is 4.98 Å². The molecule has 0 saturated carbocycles. The maximum Gasteiger partial charge on any atom is 0.254 e. The third-order valence-corrected chi connectivity index (χ3v) is 5.51. The van der Waals surface area contributed by atoms with E-state index in [0.29, 0.717) is 44.8 Å². The van der Waals surface area contributed by atoms with Gasteiger partial charge in [-0.25, -0.2) is 0 Å². The molecule has 1 aliphatic rings. The number of hydrogen-bond donors (Lipinski definition) is 0. The van der Waals surface area contributed by atoms with Crippen LogP contribution in [0.3, 0.4) is 0 Å². The largest absolute Gasteiger partial charge is 0.490 e. The lowest BCUT2D eigenvalue weighted by atomic mass is 10.1. The van der Waals surface area contributed by atoms with Crippen LogP contribution in [0, 0.1) is 0 Å². The molecule has 1 aliphatic heterocycles. The topological polar surface area (TPSA) is 72.0 Å². The summed E-state index contributed by atoms with van der Waals surface area (Å²) in [5.74, 6) is 0.877. The van der Waals surface area contributed by atoms with E-state index in [1.54, 1.807) is 19.5 Å². The second-order valence-electron chi connectivity index (χ2n) is 7.64. The van der Waals surface area contributed by atoms with Crippen LogP contribution in [0.15, 0.2) is 48.8 Å². The lowest BCUT2D eigenvalue weighted by molar-refractivity contribution is -0.133. The van der Waals surface area contributed by atoms with Crippen molar-refractivity contribution in [3.63, 3.8) is 0 Å². The summed E-state index contributed by atoms with van der Waals surface area (Å²) in [6, 6.07) is 11.2. The first-order chi connectivity index (χ1) is 15.1. The van der Waals surface area contributed by atoms with Gasteiger partial charge >= 0.3 is 0 Å². The minimum Gasteiger partial charge on any atom is -0.490 e. The average Bonchev–Trinajstić information content (AvgIpc) is 2.82. The molecule has 2 heterocycles. The summed E-state index contributed by atoms with van der Waals surface area (Å²) in [7, 11) is 1.60. The molecule has 0 N–H and O–H groups in total. The Morgan fingerprint density at radius 1 is 1.10 bits per heavy atom. The highest BCUT2D eigenvalue weighted by Gasteiger charge is 2.24. The number of pyridine rings is 1. The maximum absolute atomic E-state index is 12.9. The van der Waals surface area contributed by atoms with Gasteiger partial charge in [0.2, 0.25) is 5.91 Å². The van der Waals surface area contributed by atoms with Crippen LogP contribution in [0.5, 0.6) is 5.75 Å². The fraction of sp³-hybridized carbons (Fsp3) is 0.458. The number of ether oxygens (including phenoxy) is 2. The van der Waals surface area contributed by atoms with Crippen LogP contribution < -0.4 is 4.74 Å². The Kier molecular flexibility index (Phi) is 8.41. The molecule has 1 aromatic heterocycles. The van der Waals surface area contributed by atoms with E-state index in [1.807, 2.05) is 53.1 Å². The van der Waals surface area contributed by atoms with Crippen LogP contribution in [-0.2, 0) is 16.1 Å². The van der Waals surface area contributed by atoms with Gasteiger partial charge in [-0.15, -0.1) is 0 Å². The molecule has 7 heteroatoms. The number of rotatable bonds is 9. The maximum atomic E-state index is 12.9. The van der Waals surface area contributed by atoms with Gasteiger partial charge in [-0.1, -0.05) is 0 Å². The van der Waals surface area contributed by atoms with Gasteiger partial charge in [0.1, 0.15) is 11.9 Å². The van der Waals surface area contributed by atoms with Crippen LogP contribution in [0.4, 0.5) is 0 Å². The van der Waals surface area contributed by atoms with Crippen molar-refractivity contribution in [1.29, 1.82) is 0 Å². The highest BCUT2D eigenvalue weighted by molar-refractivity contribution is 5.94. The molecule has 166 valence electrons. The first-order valence-electron chi connectivity index (χ1n) is 10.8. The minimum atomic E-state index is -0.00579. The molecule has 0 radical (unpaired) electrons. The quantitative estimate of drug-likeness (QED) is 0.617. The molecule has 0 spiro atoms. The van der Waals surface area contributed by atoms with Gasteiger partial charge < -0.3 is 19.3 Å². The molecule has 31 heavy (non-hydrogen) atoms. The van der Waals surface area contributed by atoms with Gasteiger partial charge in [-0.2, -0.15) is 0 Å². The molecule has 1 fully saturated rings. The number of methoxy groups -OCH3 is 1. The van der Waals surface area contributed by atoms with Crippen LogP contribution in [0.25, 0.3) is 0 Å². The number of likely N-dealkylation sites (tertiary alicyclic amines) is 1. The number of piperidine rings is 1. The number of amides is 2. The summed E-state index contributed by atoms with van der Waals surface area (Å²) < 4.78 is 11.1. The summed E-state index contributed by atoms with van der Waals surface area (Å²) in [6.07, 6.45) is 5.57. The predicted molar refractivity (Wildman–Crippen MR) is 118 cm³/mol. The van der Waals surface area contributed by atoms with Gasteiger partial charge in [0.15, 0.2) is 0 Å². The van der Waals surface area contributed by atoms with Crippen molar-refractivity contribution in [2.24, 2.45) is 0 Å². The molecular weight excluding hydrogens is 394 g/mol. The zero-order valence-corrected chi connectivity index (χ0v) is 18.3.